The van der Waals surface area contributed by atoms with Crippen LogP contribution in [0.2, 0.25) is 0 Å². The fourth-order valence-electron chi connectivity index (χ4n) is 2.30. The highest BCUT2D eigenvalue weighted by molar-refractivity contribution is 5.88. The maximum absolute atomic E-state index is 12.5. The van der Waals surface area contributed by atoms with Crippen molar-refractivity contribution in [1.29, 1.82) is 5.26 Å². The second-order valence-electron chi connectivity index (χ2n) is 5.60. The van der Waals surface area contributed by atoms with E-state index in [1.807, 2.05) is 0 Å². The molecule has 134 valence electrons. The highest BCUT2D eigenvalue weighted by Gasteiger charge is 2.20. The van der Waals surface area contributed by atoms with Crippen LogP contribution in [0.1, 0.15) is 28.4 Å². The summed E-state index contributed by atoms with van der Waals surface area (Å²) in [6.45, 7) is 2.64. The average Bonchev–Trinajstić information content (AvgIpc) is 2.59. The van der Waals surface area contributed by atoms with Crippen LogP contribution in [0.5, 0.6) is 5.88 Å². The maximum atomic E-state index is 12.5. The second-order valence-corrected chi connectivity index (χ2v) is 5.60. The number of rotatable bonds is 5. The van der Waals surface area contributed by atoms with Gasteiger partial charge in [0.05, 0.1) is 23.9 Å². The summed E-state index contributed by atoms with van der Waals surface area (Å²) in [4.78, 5) is 23.5. The van der Waals surface area contributed by atoms with Crippen LogP contribution in [-0.2, 0) is 6.54 Å². The quantitative estimate of drug-likeness (QED) is 0.699. The highest BCUT2D eigenvalue weighted by Crippen LogP contribution is 2.27. The maximum Gasteiger partial charge on any atom is 0.335 e. The molecule has 2 rings (SSSR count). The van der Waals surface area contributed by atoms with E-state index in [9.17, 15) is 25.1 Å². The molecule has 0 aliphatic heterocycles. The molecule has 1 aromatic carbocycles. The van der Waals surface area contributed by atoms with Crippen molar-refractivity contribution in [3.63, 3.8) is 0 Å². The summed E-state index contributed by atoms with van der Waals surface area (Å²) in [7, 11) is 0. The second kappa shape index (κ2) is 7.58. The Morgan fingerprint density at radius 2 is 2.08 bits per heavy atom. The number of aliphatic hydroxyl groups excluding tert-OH is 1. The number of aromatic carboxylic acids is 1. The third-order valence-corrected chi connectivity index (χ3v) is 3.57. The number of nitriles is 1. The minimum atomic E-state index is -1.13. The topological polar surface area (TPSA) is 148 Å². The summed E-state index contributed by atoms with van der Waals surface area (Å²) in [6.07, 6.45) is -0.940. The predicted molar refractivity (Wildman–Crippen MR) is 91.1 cm³/mol. The Hall–Kier alpha value is -3.51. The van der Waals surface area contributed by atoms with E-state index in [1.165, 1.54) is 38.1 Å². The number of carbonyl (C=O) groups is 1. The normalized spacial score (nSPS) is 12.1. The zero-order chi connectivity index (χ0) is 19.4. The van der Waals surface area contributed by atoms with Gasteiger partial charge in [-0.3, -0.25) is 9.36 Å². The molecule has 9 nitrogen and oxygen atoms in total. The lowest BCUT2D eigenvalue weighted by molar-refractivity contribution is 0.0697. The monoisotopic (exact) mass is 356 g/mol. The molecule has 0 aliphatic rings. The summed E-state index contributed by atoms with van der Waals surface area (Å²) in [5.41, 5.74) is -0.710. The molecule has 1 atom stereocenters. The summed E-state index contributed by atoms with van der Waals surface area (Å²) >= 11 is 0. The smallest absolute Gasteiger partial charge is 0.335 e. The molecule has 0 radical (unpaired) electrons. The van der Waals surface area contributed by atoms with Gasteiger partial charge in [-0.1, -0.05) is 6.07 Å². The van der Waals surface area contributed by atoms with Gasteiger partial charge < -0.3 is 15.3 Å². The van der Waals surface area contributed by atoms with E-state index in [0.717, 1.165) is 4.57 Å². The number of carboxylic acid groups (broad SMARTS) is 1. The number of aromatic hydroxyl groups is 1. The molecule has 26 heavy (non-hydrogen) atoms. The van der Waals surface area contributed by atoms with Crippen LogP contribution in [0.25, 0.3) is 0 Å². The lowest BCUT2D eigenvalue weighted by Gasteiger charge is -2.14. The number of aromatic nitrogens is 1. The van der Waals surface area contributed by atoms with E-state index < -0.39 is 23.5 Å². The van der Waals surface area contributed by atoms with Crippen LogP contribution < -0.4 is 5.56 Å². The number of carboxylic acids is 1. The molecule has 1 heterocycles. The van der Waals surface area contributed by atoms with Gasteiger partial charge in [-0.15, -0.1) is 5.11 Å². The first-order valence-electron chi connectivity index (χ1n) is 7.55. The van der Waals surface area contributed by atoms with Crippen LogP contribution in [0.3, 0.4) is 0 Å². The minimum absolute atomic E-state index is 0.00751. The first kappa shape index (κ1) is 18.8. The molecule has 0 fully saturated rings. The largest absolute Gasteiger partial charge is 0.493 e. The Morgan fingerprint density at radius 3 is 2.65 bits per heavy atom. The van der Waals surface area contributed by atoms with E-state index in [-0.39, 0.29) is 34.6 Å². The summed E-state index contributed by atoms with van der Waals surface area (Å²) in [6, 6.07) is 7.45. The number of pyridine rings is 1. The number of hydrogen-bond donors (Lipinski definition) is 3. The molecule has 0 amide bonds. The first-order chi connectivity index (χ1) is 12.3. The van der Waals surface area contributed by atoms with Crippen molar-refractivity contribution in [2.24, 2.45) is 10.2 Å². The van der Waals surface area contributed by atoms with Crippen LogP contribution in [0.4, 0.5) is 11.4 Å². The molecule has 0 bridgehead atoms. The molecular formula is C17H16N4O5. The van der Waals surface area contributed by atoms with Gasteiger partial charge in [-0.2, -0.15) is 10.4 Å². The van der Waals surface area contributed by atoms with Crippen molar-refractivity contribution in [3.05, 3.63) is 51.3 Å². The molecule has 1 unspecified atom stereocenters. The molecule has 3 N–H and O–H groups in total. The average molecular weight is 356 g/mol. The van der Waals surface area contributed by atoms with Gasteiger partial charge in [0.1, 0.15) is 11.6 Å². The van der Waals surface area contributed by atoms with Crippen molar-refractivity contribution in [2.45, 2.75) is 26.5 Å². The van der Waals surface area contributed by atoms with Gasteiger partial charge in [0.15, 0.2) is 5.69 Å². The Morgan fingerprint density at radius 1 is 1.38 bits per heavy atom. The van der Waals surface area contributed by atoms with E-state index in [1.54, 1.807) is 6.07 Å². The standard InChI is InChI=1S/C17H16N4O5/c1-9(22)8-21-15(23)13(7-18)10(2)14(16(21)24)20-19-12-5-3-4-11(6-12)17(25)26/h3-6,9,22-23H,8H2,1-2H3,(H,25,26). The van der Waals surface area contributed by atoms with Crippen molar-refractivity contribution in [2.75, 3.05) is 0 Å². The Bertz CT molecular complexity index is 986. The number of aliphatic hydroxyl groups is 1. The minimum Gasteiger partial charge on any atom is -0.493 e. The third-order valence-electron chi connectivity index (χ3n) is 3.57. The van der Waals surface area contributed by atoms with Gasteiger partial charge >= 0.3 is 5.97 Å². The molecule has 0 spiro atoms. The number of benzene rings is 1. The van der Waals surface area contributed by atoms with E-state index in [0.29, 0.717) is 0 Å². The van der Waals surface area contributed by atoms with Gasteiger partial charge in [-0.25, -0.2) is 4.79 Å². The molecule has 0 saturated carbocycles. The Kier molecular flexibility index (Phi) is 5.49. The van der Waals surface area contributed by atoms with Crippen molar-refractivity contribution >= 4 is 17.3 Å². The lowest BCUT2D eigenvalue weighted by atomic mass is 10.1. The predicted octanol–water partition coefficient (Wildman–Crippen LogP) is 2.23. The third kappa shape index (κ3) is 3.76. The molecule has 0 aliphatic carbocycles. The lowest BCUT2D eigenvalue weighted by Crippen LogP contribution is -2.26. The number of hydrogen-bond acceptors (Lipinski definition) is 7. The van der Waals surface area contributed by atoms with Crippen molar-refractivity contribution < 1.29 is 20.1 Å². The zero-order valence-electron chi connectivity index (χ0n) is 14.0. The Labute approximate surface area is 148 Å². The van der Waals surface area contributed by atoms with Crippen LogP contribution in [0, 0.1) is 18.3 Å². The number of azo groups is 1. The summed E-state index contributed by atoms with van der Waals surface area (Å²) in [5, 5.41) is 45.5. The van der Waals surface area contributed by atoms with E-state index in [2.05, 4.69) is 10.2 Å². The zero-order valence-corrected chi connectivity index (χ0v) is 14.0. The van der Waals surface area contributed by atoms with E-state index >= 15 is 0 Å². The van der Waals surface area contributed by atoms with Gasteiger partial charge in [0.25, 0.3) is 5.56 Å². The SMILES string of the molecule is Cc1c(C#N)c(O)n(CC(C)O)c(=O)c1N=Nc1cccc(C(=O)O)c1. The van der Waals surface area contributed by atoms with Crippen molar-refractivity contribution in [3.8, 4) is 11.9 Å². The fraction of sp³-hybridized carbons (Fsp3) is 0.235. The molecule has 0 saturated heterocycles. The molecule has 9 heteroatoms. The fourth-order valence-corrected chi connectivity index (χ4v) is 2.30. The van der Waals surface area contributed by atoms with Crippen LogP contribution in [-0.4, -0.2) is 32.0 Å². The van der Waals surface area contributed by atoms with Crippen LogP contribution in [0.15, 0.2) is 39.3 Å². The summed E-state index contributed by atoms with van der Waals surface area (Å²) < 4.78 is 0.845. The van der Waals surface area contributed by atoms with E-state index in [4.69, 9.17) is 5.11 Å². The first-order valence-corrected chi connectivity index (χ1v) is 7.55. The van der Waals surface area contributed by atoms with Gasteiger partial charge in [0, 0.05) is 5.56 Å². The highest BCUT2D eigenvalue weighted by atomic mass is 16.4. The molecule has 2 aromatic rings. The van der Waals surface area contributed by atoms with Crippen LogP contribution >= 0.6 is 0 Å². The molecular weight excluding hydrogens is 340 g/mol. The molecule has 1 aromatic heterocycles. The van der Waals surface area contributed by atoms with Crippen molar-refractivity contribution in [1.82, 2.24) is 4.57 Å². The van der Waals surface area contributed by atoms with Gasteiger partial charge in [0.2, 0.25) is 5.88 Å². The Balaban J connectivity index is 2.59. The number of nitrogens with zero attached hydrogens (tertiary/aromatic N) is 4. The van der Waals surface area contributed by atoms with Gasteiger partial charge in [-0.05, 0) is 32.0 Å². The summed E-state index contributed by atoms with van der Waals surface area (Å²) in [5.74, 6) is -1.68.